The fourth-order valence-electron chi connectivity index (χ4n) is 4.35. The van der Waals surface area contributed by atoms with Crippen molar-refractivity contribution in [1.82, 2.24) is 4.90 Å². The molecule has 3 rings (SSSR count). The van der Waals surface area contributed by atoms with E-state index in [1.165, 1.54) is 45.2 Å². The molecular weight excluding hydrogens is 338 g/mol. The first-order chi connectivity index (χ1) is 13.2. The van der Waals surface area contributed by atoms with Gasteiger partial charge >= 0.3 is 0 Å². The molecule has 27 heavy (non-hydrogen) atoms. The van der Waals surface area contributed by atoms with E-state index >= 15 is 0 Å². The van der Waals surface area contributed by atoms with Gasteiger partial charge in [-0.1, -0.05) is 6.42 Å². The molecule has 0 saturated carbocycles. The SMILES string of the molecule is CN=CC(=CN)c1cc(N)c(OC)cc1N1CCC(N2CCCCC2)CC1. The summed E-state index contributed by atoms with van der Waals surface area (Å²) in [5, 5.41) is 0. The Morgan fingerprint density at radius 3 is 2.44 bits per heavy atom. The van der Waals surface area contributed by atoms with E-state index in [-0.39, 0.29) is 0 Å². The Labute approximate surface area is 162 Å². The van der Waals surface area contributed by atoms with E-state index in [4.69, 9.17) is 16.2 Å². The Morgan fingerprint density at radius 2 is 1.85 bits per heavy atom. The Kier molecular flexibility index (Phi) is 6.61. The zero-order valence-electron chi connectivity index (χ0n) is 16.7. The van der Waals surface area contributed by atoms with Crippen LogP contribution in [0.25, 0.3) is 5.57 Å². The molecule has 2 fully saturated rings. The van der Waals surface area contributed by atoms with Crippen molar-refractivity contribution in [3.8, 4) is 5.75 Å². The van der Waals surface area contributed by atoms with E-state index in [9.17, 15) is 0 Å². The van der Waals surface area contributed by atoms with E-state index in [0.717, 1.165) is 29.9 Å². The minimum absolute atomic E-state index is 0.614. The molecule has 2 heterocycles. The number of anilines is 2. The lowest BCUT2D eigenvalue weighted by atomic mass is 9.97. The summed E-state index contributed by atoms with van der Waals surface area (Å²) in [7, 11) is 3.41. The number of likely N-dealkylation sites (tertiary alicyclic amines) is 1. The number of methoxy groups -OCH3 is 1. The number of ether oxygens (including phenoxy) is 1. The number of nitrogens with zero attached hydrogens (tertiary/aromatic N) is 3. The first-order valence-electron chi connectivity index (χ1n) is 9.99. The van der Waals surface area contributed by atoms with Gasteiger partial charge in [-0.15, -0.1) is 0 Å². The van der Waals surface area contributed by atoms with Crippen molar-refractivity contribution >= 4 is 23.2 Å². The summed E-state index contributed by atoms with van der Waals surface area (Å²) in [6.45, 7) is 4.59. The minimum Gasteiger partial charge on any atom is -0.495 e. The van der Waals surface area contributed by atoms with Gasteiger partial charge in [-0.25, -0.2) is 0 Å². The van der Waals surface area contributed by atoms with Crippen LogP contribution in [0.4, 0.5) is 11.4 Å². The standard InChI is InChI=1S/C21H33N5O/c1-24-15-16(14-22)18-12-19(23)21(27-2)13-20(18)26-10-6-17(7-11-26)25-8-4-3-5-9-25/h12-15,17H,3-11,22-23H2,1-2H3. The van der Waals surface area contributed by atoms with Crippen molar-refractivity contribution < 1.29 is 4.74 Å². The highest BCUT2D eigenvalue weighted by Gasteiger charge is 2.27. The molecule has 2 saturated heterocycles. The normalized spacial score (nSPS) is 20.4. The third kappa shape index (κ3) is 4.38. The molecule has 0 bridgehead atoms. The molecule has 0 radical (unpaired) electrons. The van der Waals surface area contributed by atoms with Crippen LogP contribution < -0.4 is 21.1 Å². The smallest absolute Gasteiger partial charge is 0.143 e. The Morgan fingerprint density at radius 1 is 1.15 bits per heavy atom. The monoisotopic (exact) mass is 371 g/mol. The lowest BCUT2D eigenvalue weighted by Gasteiger charge is -2.41. The van der Waals surface area contributed by atoms with Gasteiger partial charge in [0.2, 0.25) is 0 Å². The average molecular weight is 372 g/mol. The predicted molar refractivity (Wildman–Crippen MR) is 115 cm³/mol. The Balaban J connectivity index is 1.82. The zero-order valence-corrected chi connectivity index (χ0v) is 16.7. The third-order valence-electron chi connectivity index (χ3n) is 5.82. The maximum Gasteiger partial charge on any atom is 0.143 e. The van der Waals surface area contributed by atoms with E-state index < -0.39 is 0 Å². The van der Waals surface area contributed by atoms with Crippen LogP contribution >= 0.6 is 0 Å². The van der Waals surface area contributed by atoms with E-state index in [1.807, 2.05) is 12.1 Å². The molecular formula is C21H33N5O. The van der Waals surface area contributed by atoms with Gasteiger partial charge in [0.25, 0.3) is 0 Å². The lowest BCUT2D eigenvalue weighted by Crippen LogP contribution is -2.46. The van der Waals surface area contributed by atoms with Crippen molar-refractivity contribution in [2.45, 2.75) is 38.1 Å². The van der Waals surface area contributed by atoms with Gasteiger partial charge in [0.1, 0.15) is 5.75 Å². The molecule has 0 aliphatic carbocycles. The van der Waals surface area contributed by atoms with Crippen LogP contribution in [0, 0.1) is 0 Å². The van der Waals surface area contributed by atoms with Crippen LogP contribution in [0.2, 0.25) is 0 Å². The second-order valence-electron chi connectivity index (χ2n) is 7.44. The summed E-state index contributed by atoms with van der Waals surface area (Å²) < 4.78 is 5.48. The molecule has 0 amide bonds. The zero-order chi connectivity index (χ0) is 19.2. The minimum atomic E-state index is 0.614. The highest BCUT2D eigenvalue weighted by atomic mass is 16.5. The largest absolute Gasteiger partial charge is 0.495 e. The van der Waals surface area contributed by atoms with Crippen molar-refractivity contribution in [1.29, 1.82) is 0 Å². The average Bonchev–Trinajstić information content (AvgIpc) is 2.72. The van der Waals surface area contributed by atoms with Crippen molar-refractivity contribution in [3.05, 3.63) is 23.9 Å². The lowest BCUT2D eigenvalue weighted by molar-refractivity contribution is 0.141. The van der Waals surface area contributed by atoms with Crippen LogP contribution in [0.1, 0.15) is 37.7 Å². The molecule has 148 valence electrons. The first-order valence-corrected chi connectivity index (χ1v) is 9.99. The number of nitrogens with two attached hydrogens (primary N) is 2. The predicted octanol–water partition coefficient (Wildman–Crippen LogP) is 2.73. The molecule has 6 heteroatoms. The summed E-state index contributed by atoms with van der Waals surface area (Å²) in [5.74, 6) is 0.705. The quantitative estimate of drug-likeness (QED) is 0.614. The Hall–Kier alpha value is -2.21. The summed E-state index contributed by atoms with van der Waals surface area (Å²) in [6.07, 6.45) is 9.84. The molecule has 0 unspecified atom stereocenters. The van der Waals surface area contributed by atoms with Crippen LogP contribution in [0.3, 0.4) is 0 Å². The number of aliphatic imine (C=N–C) groups is 1. The number of benzene rings is 1. The van der Waals surface area contributed by atoms with Gasteiger partial charge in [0.15, 0.2) is 0 Å². The molecule has 2 aliphatic heterocycles. The number of hydrogen-bond donors (Lipinski definition) is 2. The summed E-state index contributed by atoms with van der Waals surface area (Å²) in [6, 6.07) is 4.70. The van der Waals surface area contributed by atoms with Crippen LogP contribution in [-0.4, -0.2) is 57.5 Å². The molecule has 0 atom stereocenters. The second kappa shape index (κ2) is 9.13. The number of allylic oxidation sites excluding steroid dienone is 1. The third-order valence-corrected chi connectivity index (χ3v) is 5.82. The van der Waals surface area contributed by atoms with E-state index in [1.54, 1.807) is 26.6 Å². The van der Waals surface area contributed by atoms with E-state index in [2.05, 4.69) is 14.8 Å². The van der Waals surface area contributed by atoms with Crippen molar-refractivity contribution in [2.24, 2.45) is 10.7 Å². The first kappa shape index (κ1) is 19.5. The molecule has 1 aromatic carbocycles. The molecule has 1 aromatic rings. The van der Waals surface area contributed by atoms with Crippen molar-refractivity contribution in [2.75, 3.05) is 51.0 Å². The van der Waals surface area contributed by atoms with Gasteiger partial charge in [0.05, 0.1) is 12.8 Å². The number of nitrogen functional groups attached to an aromatic ring is 1. The molecule has 6 nitrogen and oxygen atoms in total. The van der Waals surface area contributed by atoms with Gasteiger partial charge in [0, 0.05) is 61.5 Å². The molecule has 0 aromatic heterocycles. The summed E-state index contributed by atoms with van der Waals surface area (Å²) in [4.78, 5) is 9.27. The topological polar surface area (TPSA) is 80.1 Å². The van der Waals surface area contributed by atoms with Gasteiger partial charge in [-0.2, -0.15) is 0 Å². The fraction of sp³-hybridized carbons (Fsp3) is 0.571. The fourth-order valence-corrected chi connectivity index (χ4v) is 4.35. The second-order valence-corrected chi connectivity index (χ2v) is 7.44. The highest BCUT2D eigenvalue weighted by Crippen LogP contribution is 2.36. The summed E-state index contributed by atoms with van der Waals surface area (Å²) in [5.41, 5.74) is 15.7. The van der Waals surface area contributed by atoms with Gasteiger partial charge in [-0.05, 0) is 44.8 Å². The number of piperidine rings is 2. The maximum atomic E-state index is 6.18. The maximum absolute atomic E-state index is 6.18. The van der Waals surface area contributed by atoms with E-state index in [0.29, 0.717) is 17.5 Å². The molecule has 0 spiro atoms. The van der Waals surface area contributed by atoms with Crippen LogP contribution in [0.5, 0.6) is 5.75 Å². The summed E-state index contributed by atoms with van der Waals surface area (Å²) >= 11 is 0. The number of rotatable bonds is 5. The number of hydrogen-bond acceptors (Lipinski definition) is 6. The molecule has 2 aliphatic rings. The van der Waals surface area contributed by atoms with Crippen LogP contribution in [0.15, 0.2) is 23.3 Å². The van der Waals surface area contributed by atoms with Gasteiger partial charge < -0.3 is 26.0 Å². The highest BCUT2D eigenvalue weighted by molar-refractivity contribution is 6.12. The molecule has 4 N–H and O–H groups in total. The Bertz CT molecular complexity index is 686. The van der Waals surface area contributed by atoms with Crippen molar-refractivity contribution in [3.63, 3.8) is 0 Å². The van der Waals surface area contributed by atoms with Crippen LogP contribution in [-0.2, 0) is 0 Å². The van der Waals surface area contributed by atoms with Gasteiger partial charge in [-0.3, -0.25) is 4.99 Å².